The molecule has 1 atom stereocenters. The number of hydrogen-bond donors (Lipinski definition) is 2. The molecule has 1 aromatic rings. The SMILES string of the molecule is CN(C)C(=O)C1CNCCN1Cc1cnc[nH]1. The number of carbonyl (C=O) groups excluding carboxylic acids is 1. The van der Waals surface area contributed by atoms with E-state index in [2.05, 4.69) is 20.2 Å². The number of nitrogens with one attached hydrogen (secondary N) is 2. The van der Waals surface area contributed by atoms with E-state index in [1.807, 2.05) is 0 Å². The Morgan fingerprint density at radius 1 is 1.65 bits per heavy atom. The zero-order chi connectivity index (χ0) is 12.3. The number of piperazine rings is 1. The van der Waals surface area contributed by atoms with Gasteiger partial charge in [0, 0.05) is 52.2 Å². The highest BCUT2D eigenvalue weighted by Crippen LogP contribution is 2.09. The van der Waals surface area contributed by atoms with Gasteiger partial charge in [0.15, 0.2) is 0 Å². The molecule has 0 saturated carbocycles. The summed E-state index contributed by atoms with van der Waals surface area (Å²) >= 11 is 0. The number of likely N-dealkylation sites (N-methyl/N-ethyl adjacent to an activating group) is 1. The van der Waals surface area contributed by atoms with Crippen LogP contribution in [0.5, 0.6) is 0 Å². The van der Waals surface area contributed by atoms with Crippen molar-refractivity contribution in [1.29, 1.82) is 0 Å². The number of H-pyrrole nitrogens is 1. The molecule has 1 amide bonds. The number of nitrogens with zero attached hydrogens (tertiary/aromatic N) is 3. The summed E-state index contributed by atoms with van der Waals surface area (Å²) in [5.41, 5.74) is 1.04. The van der Waals surface area contributed by atoms with Gasteiger partial charge in [0.2, 0.25) is 5.91 Å². The molecule has 1 aliphatic heterocycles. The fourth-order valence-electron chi connectivity index (χ4n) is 2.07. The minimum absolute atomic E-state index is 0.0814. The Balaban J connectivity index is 2.04. The molecular formula is C11H19N5O. The van der Waals surface area contributed by atoms with Crippen LogP contribution in [0.15, 0.2) is 12.5 Å². The minimum Gasteiger partial charge on any atom is -0.347 e. The van der Waals surface area contributed by atoms with Crippen molar-refractivity contribution in [3.05, 3.63) is 18.2 Å². The summed E-state index contributed by atoms with van der Waals surface area (Å²) in [5, 5.41) is 3.27. The standard InChI is InChI=1S/C11H19N5O/c1-15(2)11(17)10-6-12-3-4-16(10)7-9-5-13-8-14-9/h5,8,10,12H,3-4,6-7H2,1-2H3,(H,13,14). The van der Waals surface area contributed by atoms with Crippen molar-refractivity contribution >= 4 is 5.91 Å². The predicted molar refractivity (Wildman–Crippen MR) is 64.3 cm³/mol. The summed E-state index contributed by atoms with van der Waals surface area (Å²) in [4.78, 5) is 23.0. The van der Waals surface area contributed by atoms with E-state index < -0.39 is 0 Å². The Morgan fingerprint density at radius 2 is 2.47 bits per heavy atom. The molecule has 1 fully saturated rings. The summed E-state index contributed by atoms with van der Waals surface area (Å²) in [6.07, 6.45) is 3.47. The quantitative estimate of drug-likeness (QED) is 0.727. The topological polar surface area (TPSA) is 64.3 Å². The number of rotatable bonds is 3. The summed E-state index contributed by atoms with van der Waals surface area (Å²) in [6, 6.07) is -0.0814. The van der Waals surface area contributed by atoms with Crippen molar-refractivity contribution in [2.45, 2.75) is 12.6 Å². The lowest BCUT2D eigenvalue weighted by molar-refractivity contribution is -0.135. The monoisotopic (exact) mass is 237 g/mol. The van der Waals surface area contributed by atoms with Gasteiger partial charge in [-0.15, -0.1) is 0 Å². The first-order valence-corrected chi connectivity index (χ1v) is 5.81. The molecular weight excluding hydrogens is 218 g/mol. The van der Waals surface area contributed by atoms with Gasteiger partial charge in [0.25, 0.3) is 0 Å². The summed E-state index contributed by atoms with van der Waals surface area (Å²) in [6.45, 7) is 3.26. The van der Waals surface area contributed by atoms with E-state index in [0.717, 1.165) is 25.3 Å². The Labute approximate surface area is 101 Å². The van der Waals surface area contributed by atoms with Crippen molar-refractivity contribution < 1.29 is 4.79 Å². The number of aromatic amines is 1. The largest absolute Gasteiger partial charge is 0.347 e. The molecule has 0 radical (unpaired) electrons. The molecule has 1 saturated heterocycles. The molecule has 1 aliphatic rings. The van der Waals surface area contributed by atoms with Crippen LogP contribution in [-0.2, 0) is 11.3 Å². The first kappa shape index (κ1) is 12.1. The van der Waals surface area contributed by atoms with E-state index in [4.69, 9.17) is 0 Å². The number of amides is 1. The van der Waals surface area contributed by atoms with E-state index in [9.17, 15) is 4.79 Å². The molecule has 6 nitrogen and oxygen atoms in total. The van der Waals surface area contributed by atoms with Gasteiger partial charge in [-0.1, -0.05) is 0 Å². The van der Waals surface area contributed by atoms with Crippen LogP contribution in [0.4, 0.5) is 0 Å². The van der Waals surface area contributed by atoms with Crippen LogP contribution in [0.25, 0.3) is 0 Å². The highest BCUT2D eigenvalue weighted by molar-refractivity contribution is 5.81. The average Bonchev–Trinajstić information content (AvgIpc) is 2.81. The van der Waals surface area contributed by atoms with Crippen molar-refractivity contribution in [2.75, 3.05) is 33.7 Å². The smallest absolute Gasteiger partial charge is 0.240 e. The van der Waals surface area contributed by atoms with E-state index in [0.29, 0.717) is 6.54 Å². The molecule has 2 N–H and O–H groups in total. The fraction of sp³-hybridized carbons (Fsp3) is 0.636. The van der Waals surface area contributed by atoms with Crippen molar-refractivity contribution in [3.8, 4) is 0 Å². The van der Waals surface area contributed by atoms with Gasteiger partial charge in [0.1, 0.15) is 6.04 Å². The Morgan fingerprint density at radius 3 is 3.12 bits per heavy atom. The van der Waals surface area contributed by atoms with E-state index in [-0.39, 0.29) is 11.9 Å². The maximum absolute atomic E-state index is 12.1. The minimum atomic E-state index is -0.0814. The lowest BCUT2D eigenvalue weighted by Gasteiger charge is -2.36. The summed E-state index contributed by atoms with van der Waals surface area (Å²) < 4.78 is 0. The highest BCUT2D eigenvalue weighted by Gasteiger charge is 2.29. The second-order valence-electron chi connectivity index (χ2n) is 4.50. The van der Waals surface area contributed by atoms with Gasteiger partial charge < -0.3 is 15.2 Å². The van der Waals surface area contributed by atoms with Crippen LogP contribution >= 0.6 is 0 Å². The van der Waals surface area contributed by atoms with E-state index >= 15 is 0 Å². The van der Waals surface area contributed by atoms with Crippen LogP contribution in [0.1, 0.15) is 5.69 Å². The van der Waals surface area contributed by atoms with Crippen molar-refractivity contribution in [1.82, 2.24) is 25.1 Å². The van der Waals surface area contributed by atoms with Crippen LogP contribution in [-0.4, -0.2) is 65.4 Å². The van der Waals surface area contributed by atoms with Crippen LogP contribution in [0.2, 0.25) is 0 Å². The van der Waals surface area contributed by atoms with Crippen LogP contribution in [0, 0.1) is 0 Å². The van der Waals surface area contributed by atoms with Crippen LogP contribution < -0.4 is 5.32 Å². The van der Waals surface area contributed by atoms with Crippen LogP contribution in [0.3, 0.4) is 0 Å². The lowest BCUT2D eigenvalue weighted by atomic mass is 10.1. The van der Waals surface area contributed by atoms with Gasteiger partial charge in [-0.25, -0.2) is 4.98 Å². The molecule has 2 heterocycles. The molecule has 0 aromatic carbocycles. The first-order chi connectivity index (χ1) is 8.18. The number of aromatic nitrogens is 2. The van der Waals surface area contributed by atoms with Crippen molar-refractivity contribution in [2.24, 2.45) is 0 Å². The Hall–Kier alpha value is -1.40. The normalized spacial score (nSPS) is 21.4. The molecule has 94 valence electrons. The van der Waals surface area contributed by atoms with Gasteiger partial charge in [-0.05, 0) is 0 Å². The third kappa shape index (κ3) is 2.83. The predicted octanol–water partition coefficient (Wildman–Crippen LogP) is -0.728. The molecule has 17 heavy (non-hydrogen) atoms. The molecule has 6 heteroatoms. The van der Waals surface area contributed by atoms with Crippen molar-refractivity contribution in [3.63, 3.8) is 0 Å². The summed E-state index contributed by atoms with van der Waals surface area (Å²) in [7, 11) is 3.59. The maximum Gasteiger partial charge on any atom is 0.240 e. The fourth-order valence-corrected chi connectivity index (χ4v) is 2.07. The van der Waals surface area contributed by atoms with E-state index in [1.54, 1.807) is 31.5 Å². The molecule has 0 bridgehead atoms. The first-order valence-electron chi connectivity index (χ1n) is 5.81. The summed E-state index contributed by atoms with van der Waals surface area (Å²) in [5.74, 6) is 0.150. The Kier molecular flexibility index (Phi) is 3.75. The third-order valence-electron chi connectivity index (χ3n) is 3.01. The number of carbonyl (C=O) groups is 1. The second-order valence-corrected chi connectivity index (χ2v) is 4.50. The van der Waals surface area contributed by atoms with Gasteiger partial charge in [0.05, 0.1) is 6.33 Å². The zero-order valence-corrected chi connectivity index (χ0v) is 10.3. The molecule has 2 rings (SSSR count). The number of imidazole rings is 1. The third-order valence-corrected chi connectivity index (χ3v) is 3.01. The molecule has 0 aliphatic carbocycles. The highest BCUT2D eigenvalue weighted by atomic mass is 16.2. The number of hydrogen-bond acceptors (Lipinski definition) is 4. The Bertz CT molecular complexity index is 362. The second kappa shape index (κ2) is 5.29. The van der Waals surface area contributed by atoms with Gasteiger partial charge in [-0.2, -0.15) is 0 Å². The van der Waals surface area contributed by atoms with Gasteiger partial charge >= 0.3 is 0 Å². The maximum atomic E-state index is 12.1. The van der Waals surface area contributed by atoms with Gasteiger partial charge in [-0.3, -0.25) is 9.69 Å². The lowest BCUT2D eigenvalue weighted by Crippen LogP contribution is -2.57. The zero-order valence-electron chi connectivity index (χ0n) is 10.3. The molecule has 1 aromatic heterocycles. The molecule has 0 spiro atoms. The average molecular weight is 237 g/mol. The van der Waals surface area contributed by atoms with E-state index in [1.165, 1.54) is 0 Å². The molecule has 1 unspecified atom stereocenters.